The lowest BCUT2D eigenvalue weighted by atomic mass is 9.76. The molecule has 2 aliphatic rings. The normalized spacial score (nSPS) is 25.2. The molecular weight excluding hydrogens is 274 g/mol. The highest BCUT2D eigenvalue weighted by atomic mass is 16.4. The third-order valence-corrected chi connectivity index (χ3v) is 4.79. The maximum atomic E-state index is 11.6. The molecule has 0 amide bonds. The van der Waals surface area contributed by atoms with Crippen LogP contribution in [0.1, 0.15) is 39.9 Å². The summed E-state index contributed by atoms with van der Waals surface area (Å²) >= 11 is 0. The van der Waals surface area contributed by atoms with Gasteiger partial charge in [-0.1, -0.05) is 54.6 Å². The maximum absolute atomic E-state index is 11.6. The van der Waals surface area contributed by atoms with E-state index >= 15 is 0 Å². The summed E-state index contributed by atoms with van der Waals surface area (Å²) in [6.07, 6.45) is 5.47. The smallest absolute Gasteiger partial charge is 0.337 e. The van der Waals surface area contributed by atoms with Crippen molar-refractivity contribution in [3.05, 3.63) is 77.4 Å². The molecule has 1 aliphatic heterocycles. The van der Waals surface area contributed by atoms with Gasteiger partial charge in [-0.3, -0.25) is 0 Å². The number of fused-ring (bicyclic) bond motifs is 3. The SMILES string of the molecule is O=C(O)c1cccc2c1N[C@H](c1ccccc1)[C@H]1CC=C[C@@H]21. The van der Waals surface area contributed by atoms with Crippen LogP contribution < -0.4 is 5.32 Å². The number of carbonyl (C=O) groups is 1. The fourth-order valence-corrected chi connectivity index (χ4v) is 3.79. The van der Waals surface area contributed by atoms with Crippen LogP contribution in [0.4, 0.5) is 5.69 Å². The highest BCUT2D eigenvalue weighted by Gasteiger charge is 2.39. The van der Waals surface area contributed by atoms with E-state index in [4.69, 9.17) is 0 Å². The van der Waals surface area contributed by atoms with E-state index < -0.39 is 5.97 Å². The second-order valence-corrected chi connectivity index (χ2v) is 5.96. The molecule has 0 aromatic heterocycles. The first-order valence-electron chi connectivity index (χ1n) is 7.60. The second-order valence-electron chi connectivity index (χ2n) is 5.96. The third kappa shape index (κ3) is 1.93. The number of rotatable bonds is 2. The van der Waals surface area contributed by atoms with E-state index in [1.165, 1.54) is 5.56 Å². The van der Waals surface area contributed by atoms with Gasteiger partial charge in [0.05, 0.1) is 17.3 Å². The number of anilines is 1. The van der Waals surface area contributed by atoms with Gasteiger partial charge in [0, 0.05) is 5.92 Å². The summed E-state index contributed by atoms with van der Waals surface area (Å²) < 4.78 is 0. The van der Waals surface area contributed by atoms with Gasteiger partial charge in [-0.15, -0.1) is 0 Å². The molecule has 3 heteroatoms. The van der Waals surface area contributed by atoms with Gasteiger partial charge >= 0.3 is 5.97 Å². The summed E-state index contributed by atoms with van der Waals surface area (Å²) in [5.41, 5.74) is 3.45. The highest BCUT2D eigenvalue weighted by Crippen LogP contribution is 2.50. The fourth-order valence-electron chi connectivity index (χ4n) is 3.79. The molecule has 0 spiro atoms. The molecule has 110 valence electrons. The molecule has 0 saturated carbocycles. The molecule has 3 nitrogen and oxygen atoms in total. The van der Waals surface area contributed by atoms with Gasteiger partial charge in [-0.2, -0.15) is 0 Å². The lowest BCUT2D eigenvalue weighted by Gasteiger charge is -2.38. The minimum absolute atomic E-state index is 0.147. The van der Waals surface area contributed by atoms with Crippen molar-refractivity contribution in [2.24, 2.45) is 5.92 Å². The Morgan fingerprint density at radius 3 is 2.68 bits per heavy atom. The number of aromatic carboxylic acids is 1. The monoisotopic (exact) mass is 291 g/mol. The molecule has 1 aliphatic carbocycles. The number of nitrogens with one attached hydrogen (secondary N) is 1. The lowest BCUT2D eigenvalue weighted by Crippen LogP contribution is -2.30. The first-order chi connectivity index (χ1) is 10.8. The van der Waals surface area contributed by atoms with E-state index in [1.54, 1.807) is 6.07 Å². The molecule has 22 heavy (non-hydrogen) atoms. The molecular formula is C19H17NO2. The van der Waals surface area contributed by atoms with Crippen molar-refractivity contribution >= 4 is 11.7 Å². The standard InChI is InChI=1S/C19H17NO2/c21-19(22)16-11-5-10-15-13-8-4-9-14(13)17(20-18(15)16)12-6-2-1-3-7-12/h1-8,10-11,13-14,17,20H,9H2,(H,21,22)/t13-,14+,17-/m1/s1. The van der Waals surface area contributed by atoms with Crippen molar-refractivity contribution in [3.63, 3.8) is 0 Å². The third-order valence-electron chi connectivity index (χ3n) is 4.79. The van der Waals surface area contributed by atoms with E-state index in [2.05, 4.69) is 29.6 Å². The van der Waals surface area contributed by atoms with Crippen molar-refractivity contribution in [3.8, 4) is 0 Å². The van der Waals surface area contributed by atoms with Crippen LogP contribution in [0.5, 0.6) is 0 Å². The molecule has 2 N–H and O–H groups in total. The zero-order chi connectivity index (χ0) is 15.1. The van der Waals surface area contributed by atoms with E-state index in [-0.39, 0.29) is 6.04 Å². The molecule has 2 aromatic carbocycles. The minimum atomic E-state index is -0.878. The number of carboxylic acids is 1. The first-order valence-corrected chi connectivity index (χ1v) is 7.60. The Hall–Kier alpha value is -2.55. The van der Waals surface area contributed by atoms with Crippen molar-refractivity contribution in [1.29, 1.82) is 0 Å². The largest absolute Gasteiger partial charge is 0.478 e. The Labute approximate surface area is 129 Å². The van der Waals surface area contributed by atoms with Crippen LogP contribution in [0.15, 0.2) is 60.7 Å². The molecule has 2 aromatic rings. The van der Waals surface area contributed by atoms with E-state index in [0.29, 0.717) is 17.4 Å². The van der Waals surface area contributed by atoms with Crippen molar-refractivity contribution < 1.29 is 9.90 Å². The Morgan fingerprint density at radius 2 is 1.91 bits per heavy atom. The quantitative estimate of drug-likeness (QED) is 0.815. The molecule has 4 rings (SSSR count). The average molecular weight is 291 g/mol. The molecule has 0 unspecified atom stereocenters. The van der Waals surface area contributed by atoms with Gasteiger partial charge in [-0.05, 0) is 29.5 Å². The first kappa shape index (κ1) is 13.1. The topological polar surface area (TPSA) is 49.3 Å². The number of para-hydroxylation sites is 1. The predicted octanol–water partition coefficient (Wildman–Crippen LogP) is 4.21. The van der Waals surface area contributed by atoms with Crippen molar-refractivity contribution in [2.45, 2.75) is 18.4 Å². The number of carboxylic acid groups (broad SMARTS) is 1. The summed E-state index contributed by atoms with van der Waals surface area (Å²) in [5.74, 6) is -0.142. The zero-order valence-corrected chi connectivity index (χ0v) is 12.1. The van der Waals surface area contributed by atoms with Gasteiger partial charge in [0.15, 0.2) is 0 Å². The summed E-state index contributed by atoms with van der Waals surface area (Å²) in [6.45, 7) is 0. The van der Waals surface area contributed by atoms with E-state index in [1.807, 2.05) is 30.3 Å². The van der Waals surface area contributed by atoms with Gasteiger partial charge < -0.3 is 10.4 Å². The molecule has 3 atom stereocenters. The molecule has 0 radical (unpaired) electrons. The number of allylic oxidation sites excluding steroid dienone is 2. The summed E-state index contributed by atoms with van der Waals surface area (Å²) in [5, 5.41) is 13.0. The molecule has 1 heterocycles. The zero-order valence-electron chi connectivity index (χ0n) is 12.1. The van der Waals surface area contributed by atoms with Crippen LogP contribution >= 0.6 is 0 Å². The lowest BCUT2D eigenvalue weighted by molar-refractivity contribution is 0.0697. The summed E-state index contributed by atoms with van der Waals surface area (Å²) in [7, 11) is 0. The summed E-state index contributed by atoms with van der Waals surface area (Å²) in [6, 6.07) is 16.0. The highest BCUT2D eigenvalue weighted by molar-refractivity contribution is 5.95. The molecule has 0 saturated heterocycles. The second kappa shape index (κ2) is 5.02. The van der Waals surface area contributed by atoms with Crippen molar-refractivity contribution in [1.82, 2.24) is 0 Å². The van der Waals surface area contributed by atoms with Gasteiger partial charge in [0.25, 0.3) is 0 Å². The van der Waals surface area contributed by atoms with Crippen molar-refractivity contribution in [2.75, 3.05) is 5.32 Å². The van der Waals surface area contributed by atoms with Crippen LogP contribution in [0.3, 0.4) is 0 Å². The Kier molecular flexibility index (Phi) is 3.00. The Balaban J connectivity index is 1.85. The number of hydrogen-bond acceptors (Lipinski definition) is 2. The predicted molar refractivity (Wildman–Crippen MR) is 86.2 cm³/mol. The van der Waals surface area contributed by atoms with E-state index in [9.17, 15) is 9.90 Å². The van der Waals surface area contributed by atoms with Gasteiger partial charge in [0.1, 0.15) is 0 Å². The minimum Gasteiger partial charge on any atom is -0.478 e. The summed E-state index contributed by atoms with van der Waals surface area (Å²) in [4.78, 5) is 11.6. The fraction of sp³-hybridized carbons (Fsp3) is 0.211. The van der Waals surface area contributed by atoms with Crippen LogP contribution in [0, 0.1) is 5.92 Å². The maximum Gasteiger partial charge on any atom is 0.337 e. The Morgan fingerprint density at radius 1 is 1.09 bits per heavy atom. The number of hydrogen-bond donors (Lipinski definition) is 2. The van der Waals surface area contributed by atoms with Crippen LogP contribution in [-0.2, 0) is 0 Å². The van der Waals surface area contributed by atoms with Crippen LogP contribution in [-0.4, -0.2) is 11.1 Å². The average Bonchev–Trinajstić information content (AvgIpc) is 3.04. The molecule has 0 fully saturated rings. The van der Waals surface area contributed by atoms with E-state index in [0.717, 1.165) is 17.7 Å². The number of benzene rings is 2. The Bertz CT molecular complexity index is 751. The van der Waals surface area contributed by atoms with Gasteiger partial charge in [-0.25, -0.2) is 4.79 Å². The molecule has 0 bridgehead atoms. The van der Waals surface area contributed by atoms with Crippen LogP contribution in [0.2, 0.25) is 0 Å². The van der Waals surface area contributed by atoms with Gasteiger partial charge in [0.2, 0.25) is 0 Å². The van der Waals surface area contributed by atoms with Crippen LogP contribution in [0.25, 0.3) is 0 Å².